The van der Waals surface area contributed by atoms with Crippen molar-refractivity contribution in [1.82, 2.24) is 0 Å². The smallest absolute Gasteiger partial charge is 0.308 e. The maximum Gasteiger partial charge on any atom is 0.416 e. The highest BCUT2D eigenvalue weighted by atomic mass is 32.2. The largest absolute Gasteiger partial charge is 0.416 e. The van der Waals surface area contributed by atoms with Gasteiger partial charge in [0.25, 0.3) is 0 Å². The van der Waals surface area contributed by atoms with E-state index in [4.69, 9.17) is 0 Å². The quantitative estimate of drug-likeness (QED) is 0.164. The molecule has 0 saturated heterocycles. The molecule has 0 saturated carbocycles. The van der Waals surface area contributed by atoms with Crippen LogP contribution < -0.4 is 9.80 Å². The number of anilines is 6. The molecule has 0 unspecified atom stereocenters. The van der Waals surface area contributed by atoms with Crippen molar-refractivity contribution in [2.24, 2.45) is 0 Å². The summed E-state index contributed by atoms with van der Waals surface area (Å²) in [4.78, 5) is 7.92. The molecule has 2 aliphatic rings. The van der Waals surface area contributed by atoms with E-state index in [0.29, 0.717) is 28.1 Å². The number of hydrogen-bond acceptors (Lipinski definition) is 4. The van der Waals surface area contributed by atoms with E-state index in [1.54, 1.807) is 42.6 Å². The lowest BCUT2D eigenvalue weighted by molar-refractivity contribution is -0.138. The van der Waals surface area contributed by atoms with E-state index in [1.165, 1.54) is 12.1 Å². The highest BCUT2D eigenvalue weighted by molar-refractivity contribution is 8.00. The molecule has 2 heterocycles. The number of alkyl halides is 6. The molecule has 7 aromatic carbocycles. The predicted molar refractivity (Wildman–Crippen MR) is 210 cm³/mol. The molecule has 0 fully saturated rings. The number of halogens is 6. The summed E-state index contributed by atoms with van der Waals surface area (Å²) in [6, 6.07) is 43.7. The van der Waals surface area contributed by atoms with Crippen molar-refractivity contribution in [2.75, 3.05) is 9.80 Å². The number of benzene rings is 7. The summed E-state index contributed by atoms with van der Waals surface area (Å²) in [5.74, 6) is 0. The molecule has 0 aliphatic carbocycles. The van der Waals surface area contributed by atoms with Crippen molar-refractivity contribution < 1.29 is 26.3 Å². The number of hydrogen-bond donors (Lipinski definition) is 0. The third-order valence-electron chi connectivity index (χ3n) is 9.84. The topological polar surface area (TPSA) is 6.48 Å². The van der Waals surface area contributed by atoms with E-state index in [1.807, 2.05) is 103 Å². The molecule has 2 nitrogen and oxygen atoms in total. The molecule has 55 heavy (non-hydrogen) atoms. The lowest BCUT2D eigenvalue weighted by Gasteiger charge is -2.38. The molecular formula is C45H28F6N2S2. The second-order valence-corrected chi connectivity index (χ2v) is 15.4. The van der Waals surface area contributed by atoms with Crippen LogP contribution in [0.3, 0.4) is 0 Å². The number of nitrogens with zero attached hydrogens (tertiary/aromatic N) is 2. The molecule has 0 atom stereocenters. The standard InChI is InChI=1S/C45H28F6N2S2/c1-27-42(28-12-10-14-30(24-28)44(46,47)48)36(52-32-16-2-6-20-38(32)54-39-21-7-3-17-33(39)52)26-37(43(27)29-13-11-15-31(25-29)45(49,50)51)53-34-18-4-8-22-40(34)55-41-23-9-5-19-35(41)53/h2-26H,1H3. The highest BCUT2D eigenvalue weighted by Gasteiger charge is 2.36. The number of para-hydroxylation sites is 4. The molecule has 0 bridgehead atoms. The molecule has 0 aromatic heterocycles. The van der Waals surface area contributed by atoms with Gasteiger partial charge in [-0.3, -0.25) is 0 Å². The van der Waals surface area contributed by atoms with Gasteiger partial charge in [-0.2, -0.15) is 26.3 Å². The zero-order chi connectivity index (χ0) is 38.1. The summed E-state index contributed by atoms with van der Waals surface area (Å²) in [5, 5.41) is 0. The molecule has 2 aliphatic heterocycles. The molecule has 7 aromatic rings. The Morgan fingerprint density at radius 1 is 0.382 bits per heavy atom. The van der Waals surface area contributed by atoms with Crippen LogP contribution in [-0.4, -0.2) is 0 Å². The normalized spacial score (nSPS) is 13.5. The molecule has 0 N–H and O–H groups in total. The molecule has 9 rings (SSSR count). The third-order valence-corrected chi connectivity index (χ3v) is 12.1. The molecule has 10 heteroatoms. The first-order valence-electron chi connectivity index (χ1n) is 17.3. The van der Waals surface area contributed by atoms with Crippen LogP contribution >= 0.6 is 23.5 Å². The molecule has 272 valence electrons. The Bertz CT molecular complexity index is 2370. The van der Waals surface area contributed by atoms with E-state index >= 15 is 0 Å². The zero-order valence-corrected chi connectivity index (χ0v) is 30.5. The minimum absolute atomic E-state index is 0.283. The van der Waals surface area contributed by atoms with Crippen molar-refractivity contribution in [1.29, 1.82) is 0 Å². The van der Waals surface area contributed by atoms with Gasteiger partial charge in [-0.15, -0.1) is 0 Å². The summed E-state index contributed by atoms with van der Waals surface area (Å²) >= 11 is 3.20. The van der Waals surface area contributed by atoms with Gasteiger partial charge in [0.2, 0.25) is 0 Å². The second kappa shape index (κ2) is 13.3. The Hall–Kier alpha value is -5.58. The fourth-order valence-electron chi connectivity index (χ4n) is 7.49. The van der Waals surface area contributed by atoms with Gasteiger partial charge in [0.05, 0.1) is 45.3 Å². The summed E-state index contributed by atoms with van der Waals surface area (Å²) in [5.41, 5.74) is 4.82. The number of rotatable bonds is 4. The van der Waals surface area contributed by atoms with Gasteiger partial charge in [0.1, 0.15) is 0 Å². The van der Waals surface area contributed by atoms with E-state index in [2.05, 4.69) is 9.80 Å². The van der Waals surface area contributed by atoms with E-state index < -0.39 is 23.5 Å². The minimum atomic E-state index is -4.63. The number of fused-ring (bicyclic) bond motifs is 4. The molecule has 0 spiro atoms. The van der Waals surface area contributed by atoms with Crippen molar-refractivity contribution in [3.8, 4) is 22.3 Å². The lowest BCUT2D eigenvalue weighted by Crippen LogP contribution is -2.20. The molecule has 0 radical (unpaired) electrons. The minimum Gasteiger partial charge on any atom is -0.308 e. The van der Waals surface area contributed by atoms with Crippen LogP contribution in [0.25, 0.3) is 22.3 Å². The summed E-state index contributed by atoms with van der Waals surface area (Å²) in [7, 11) is 0. The maximum atomic E-state index is 14.4. The SMILES string of the molecule is Cc1c(-c2cccc(C(F)(F)F)c2)c(N2c3ccccc3Sc3ccccc32)cc(N2c3ccccc3Sc3ccccc32)c1-c1cccc(C(F)(F)F)c1. The summed E-state index contributed by atoms with van der Waals surface area (Å²) < 4.78 is 86.4. The first-order chi connectivity index (χ1) is 26.5. The average Bonchev–Trinajstić information content (AvgIpc) is 3.18. The van der Waals surface area contributed by atoms with Gasteiger partial charge >= 0.3 is 12.4 Å². The van der Waals surface area contributed by atoms with Gasteiger partial charge in [-0.25, -0.2) is 0 Å². The van der Waals surface area contributed by atoms with Crippen molar-refractivity contribution in [3.63, 3.8) is 0 Å². The van der Waals surface area contributed by atoms with Crippen LogP contribution in [0, 0.1) is 6.92 Å². The first-order valence-corrected chi connectivity index (χ1v) is 19.0. The Morgan fingerprint density at radius 3 is 1.04 bits per heavy atom. The van der Waals surface area contributed by atoms with Gasteiger partial charge in [-0.1, -0.05) is 96.3 Å². The van der Waals surface area contributed by atoms with E-state index in [9.17, 15) is 26.3 Å². The van der Waals surface area contributed by atoms with E-state index in [0.717, 1.165) is 66.6 Å². The summed E-state index contributed by atoms with van der Waals surface area (Å²) in [6.45, 7) is 1.80. The van der Waals surface area contributed by atoms with Gasteiger partial charge in [0.15, 0.2) is 0 Å². The highest BCUT2D eigenvalue weighted by Crippen LogP contribution is 2.59. The van der Waals surface area contributed by atoms with E-state index in [-0.39, 0.29) is 11.1 Å². The van der Waals surface area contributed by atoms with Crippen LogP contribution in [0.15, 0.2) is 171 Å². The van der Waals surface area contributed by atoms with Crippen LogP contribution in [0.2, 0.25) is 0 Å². The monoisotopic (exact) mass is 774 g/mol. The fourth-order valence-corrected chi connectivity index (χ4v) is 9.61. The fraction of sp³-hybridized carbons (Fsp3) is 0.0667. The molecular weight excluding hydrogens is 747 g/mol. The van der Waals surface area contributed by atoms with Gasteiger partial charge < -0.3 is 9.80 Å². The van der Waals surface area contributed by atoms with Gasteiger partial charge in [-0.05, 0) is 102 Å². The second-order valence-electron chi connectivity index (χ2n) is 13.2. The van der Waals surface area contributed by atoms with Crippen LogP contribution in [0.1, 0.15) is 16.7 Å². The van der Waals surface area contributed by atoms with Crippen molar-refractivity contribution in [3.05, 3.63) is 168 Å². The van der Waals surface area contributed by atoms with Crippen LogP contribution in [0.5, 0.6) is 0 Å². The lowest BCUT2D eigenvalue weighted by atomic mass is 9.87. The van der Waals surface area contributed by atoms with Gasteiger partial charge in [0, 0.05) is 30.7 Å². The average molecular weight is 775 g/mol. The Kier molecular flexibility index (Phi) is 8.51. The van der Waals surface area contributed by atoms with Crippen LogP contribution in [0.4, 0.5) is 60.5 Å². The van der Waals surface area contributed by atoms with Crippen molar-refractivity contribution >= 4 is 57.6 Å². The Morgan fingerprint density at radius 2 is 0.709 bits per heavy atom. The Balaban J connectivity index is 1.45. The zero-order valence-electron chi connectivity index (χ0n) is 28.9. The first kappa shape index (κ1) is 35.1. The van der Waals surface area contributed by atoms with Crippen molar-refractivity contribution in [2.45, 2.75) is 38.9 Å². The van der Waals surface area contributed by atoms with Crippen LogP contribution in [-0.2, 0) is 12.4 Å². The Labute approximate surface area is 322 Å². The maximum absolute atomic E-state index is 14.4. The molecule has 0 amide bonds. The third kappa shape index (κ3) is 6.13. The summed E-state index contributed by atoms with van der Waals surface area (Å²) in [6.07, 6.45) is -9.26. The predicted octanol–water partition coefficient (Wildman–Crippen LogP) is 15.2.